The van der Waals surface area contributed by atoms with E-state index in [0.29, 0.717) is 0 Å². The Labute approximate surface area is 191 Å². The van der Waals surface area contributed by atoms with Crippen molar-refractivity contribution in [1.82, 2.24) is 0 Å². The normalized spacial score (nSPS) is 13.9. The molecule has 0 unspecified atom stereocenters. The van der Waals surface area contributed by atoms with E-state index in [1.165, 1.54) is 0 Å². The van der Waals surface area contributed by atoms with Gasteiger partial charge in [-0.1, -0.05) is 135 Å². The molecule has 4 aromatic carbocycles. The minimum atomic E-state index is -3.08. The molecule has 0 aliphatic heterocycles. The lowest BCUT2D eigenvalue weighted by Crippen LogP contribution is -2.36. The van der Waals surface area contributed by atoms with Gasteiger partial charge in [-0.15, -0.1) is 0 Å². The second kappa shape index (κ2) is 9.45. The van der Waals surface area contributed by atoms with Gasteiger partial charge in [0.2, 0.25) is 0 Å². The molecule has 2 atom stereocenters. The van der Waals surface area contributed by atoms with E-state index in [1.54, 1.807) is 0 Å². The molecule has 4 heteroatoms. The number of hydrogen-bond acceptors (Lipinski definition) is 2. The summed E-state index contributed by atoms with van der Waals surface area (Å²) in [4.78, 5) is 0. The maximum absolute atomic E-state index is 14.9. The molecule has 0 saturated heterocycles. The van der Waals surface area contributed by atoms with E-state index in [-0.39, 0.29) is 11.3 Å². The maximum atomic E-state index is 14.9. The van der Waals surface area contributed by atoms with Crippen LogP contribution < -0.4 is 21.2 Å². The molecule has 0 aliphatic carbocycles. The summed E-state index contributed by atoms with van der Waals surface area (Å²) >= 11 is 0. The molecule has 0 radical (unpaired) electrons. The largest absolute Gasteiger partial charge is 0.313 e. The third-order valence-electron chi connectivity index (χ3n) is 6.40. The smallest absolute Gasteiger partial charge is 0.146 e. The summed E-state index contributed by atoms with van der Waals surface area (Å²) in [6.07, 6.45) is 0. The van der Waals surface area contributed by atoms with E-state index >= 15 is 0 Å². The van der Waals surface area contributed by atoms with Crippen molar-refractivity contribution in [2.24, 2.45) is 0 Å². The third kappa shape index (κ3) is 3.95. The van der Waals surface area contributed by atoms with Gasteiger partial charge in [-0.25, -0.2) is 0 Å². The molecule has 0 aromatic heterocycles. The summed E-state index contributed by atoms with van der Waals surface area (Å²) in [6.45, 7) is 4.01. The van der Waals surface area contributed by atoms with Crippen LogP contribution in [0.1, 0.15) is 13.8 Å². The first-order chi connectivity index (χ1) is 15.5. The maximum Gasteiger partial charge on any atom is 0.146 e. The third-order valence-corrected chi connectivity index (χ3v) is 14.1. The van der Waals surface area contributed by atoms with E-state index in [9.17, 15) is 9.13 Å². The SMILES string of the molecule is C[C@H]([C@@H](C)P(=O)(c1ccccc1)c1ccccc1)P(=O)(c1ccccc1)c1ccccc1. The Morgan fingerprint density at radius 3 is 0.781 bits per heavy atom. The number of hydrogen-bond donors (Lipinski definition) is 0. The van der Waals surface area contributed by atoms with E-state index in [4.69, 9.17) is 0 Å². The van der Waals surface area contributed by atoms with Crippen LogP contribution in [0.5, 0.6) is 0 Å². The molecular weight excluding hydrogens is 430 g/mol. The first-order valence-electron chi connectivity index (χ1n) is 10.9. The summed E-state index contributed by atoms with van der Waals surface area (Å²) in [6, 6.07) is 38.7. The van der Waals surface area contributed by atoms with Gasteiger partial charge in [-0.05, 0) is 0 Å². The molecule has 0 bridgehead atoms. The summed E-state index contributed by atoms with van der Waals surface area (Å²) in [5.41, 5.74) is -0.669. The van der Waals surface area contributed by atoms with Crippen molar-refractivity contribution >= 4 is 35.5 Å². The summed E-state index contributed by atoms with van der Waals surface area (Å²) in [7, 11) is -6.16. The zero-order valence-electron chi connectivity index (χ0n) is 18.4. The molecule has 0 aliphatic rings. The Morgan fingerprint density at radius 2 is 0.594 bits per heavy atom. The first-order valence-corrected chi connectivity index (χ1v) is 14.5. The van der Waals surface area contributed by atoms with Gasteiger partial charge in [0.05, 0.1) is 0 Å². The molecule has 162 valence electrons. The standard InChI is InChI=1S/C28H28O2P2/c1-23(31(29,25-15-7-3-8-16-25)26-17-9-4-10-18-26)24(2)32(30,27-19-11-5-12-20-27)28-21-13-6-14-22-28/h3-24H,1-2H3/t23-,24-/m1/s1. The quantitative estimate of drug-likeness (QED) is 0.329. The highest BCUT2D eigenvalue weighted by atomic mass is 31.2. The van der Waals surface area contributed by atoms with Crippen LogP contribution in [0.15, 0.2) is 121 Å². The zero-order chi connectivity index (χ0) is 22.6. The lowest BCUT2D eigenvalue weighted by molar-refractivity contribution is 0.565. The van der Waals surface area contributed by atoms with Crippen LogP contribution in [0, 0.1) is 0 Å². The van der Waals surface area contributed by atoms with Gasteiger partial charge in [-0.3, -0.25) is 0 Å². The minimum absolute atomic E-state index is 0.335. The highest BCUT2D eigenvalue weighted by molar-refractivity contribution is 7.83. The van der Waals surface area contributed by atoms with Gasteiger partial charge >= 0.3 is 0 Å². The van der Waals surface area contributed by atoms with Crippen LogP contribution in [0.25, 0.3) is 0 Å². The van der Waals surface area contributed by atoms with Crippen LogP contribution in [0.2, 0.25) is 0 Å². The van der Waals surface area contributed by atoms with Crippen LogP contribution in [-0.2, 0) is 9.13 Å². The van der Waals surface area contributed by atoms with Gasteiger partial charge in [0.15, 0.2) is 0 Å². The molecule has 0 heterocycles. The predicted molar refractivity (Wildman–Crippen MR) is 138 cm³/mol. The van der Waals surface area contributed by atoms with Gasteiger partial charge in [0.25, 0.3) is 0 Å². The first kappa shape index (κ1) is 22.5. The molecule has 0 saturated carbocycles. The molecule has 2 nitrogen and oxygen atoms in total. The van der Waals surface area contributed by atoms with Crippen molar-refractivity contribution in [3.05, 3.63) is 121 Å². The van der Waals surface area contributed by atoms with Crippen LogP contribution in [-0.4, -0.2) is 11.3 Å². The Balaban J connectivity index is 1.91. The van der Waals surface area contributed by atoms with Crippen molar-refractivity contribution in [3.63, 3.8) is 0 Å². The Morgan fingerprint density at radius 1 is 0.406 bits per heavy atom. The van der Waals surface area contributed by atoms with Crippen molar-refractivity contribution in [2.45, 2.75) is 25.2 Å². The van der Waals surface area contributed by atoms with Crippen LogP contribution in [0.3, 0.4) is 0 Å². The topological polar surface area (TPSA) is 34.1 Å². The number of rotatable bonds is 7. The van der Waals surface area contributed by atoms with E-state index in [0.717, 1.165) is 21.2 Å². The fourth-order valence-corrected chi connectivity index (χ4v) is 11.7. The molecule has 0 N–H and O–H groups in total. The molecule has 0 spiro atoms. The second-order valence-electron chi connectivity index (χ2n) is 8.14. The van der Waals surface area contributed by atoms with Crippen molar-refractivity contribution in [2.75, 3.05) is 0 Å². The lowest BCUT2D eigenvalue weighted by atomic mass is 10.3. The summed E-state index contributed by atoms with van der Waals surface area (Å²) in [5.74, 6) is 0. The fraction of sp³-hybridized carbons (Fsp3) is 0.143. The van der Waals surface area contributed by atoms with Gasteiger partial charge < -0.3 is 9.13 Å². The van der Waals surface area contributed by atoms with Gasteiger partial charge in [0.1, 0.15) is 14.3 Å². The number of benzene rings is 4. The van der Waals surface area contributed by atoms with Crippen molar-refractivity contribution in [3.8, 4) is 0 Å². The Hall–Kier alpha value is -2.66. The highest BCUT2D eigenvalue weighted by Crippen LogP contribution is 2.59. The minimum Gasteiger partial charge on any atom is -0.313 e. The molecule has 0 amide bonds. The zero-order valence-corrected chi connectivity index (χ0v) is 20.2. The van der Waals surface area contributed by atoms with Crippen molar-refractivity contribution < 1.29 is 9.13 Å². The Bertz CT molecular complexity index is 1050. The second-order valence-corrected chi connectivity index (χ2v) is 14.5. The van der Waals surface area contributed by atoms with Crippen molar-refractivity contribution in [1.29, 1.82) is 0 Å². The monoisotopic (exact) mass is 458 g/mol. The van der Waals surface area contributed by atoms with Gasteiger partial charge in [0, 0.05) is 32.5 Å². The van der Waals surface area contributed by atoms with Gasteiger partial charge in [-0.2, -0.15) is 0 Å². The van der Waals surface area contributed by atoms with E-state index in [2.05, 4.69) is 0 Å². The van der Waals surface area contributed by atoms with E-state index in [1.807, 2.05) is 135 Å². The summed E-state index contributed by atoms with van der Waals surface area (Å²) < 4.78 is 29.9. The van der Waals surface area contributed by atoms with E-state index < -0.39 is 14.3 Å². The molecule has 32 heavy (non-hydrogen) atoms. The molecular formula is C28H28O2P2. The molecule has 4 rings (SSSR count). The average molecular weight is 458 g/mol. The Kier molecular flexibility index (Phi) is 6.66. The molecule has 4 aromatic rings. The average Bonchev–Trinajstić information content (AvgIpc) is 2.89. The van der Waals surface area contributed by atoms with Crippen LogP contribution in [0.4, 0.5) is 0 Å². The molecule has 0 fully saturated rings. The summed E-state index contributed by atoms with van der Waals surface area (Å²) in [5, 5.41) is 3.22. The predicted octanol–water partition coefficient (Wildman–Crippen LogP) is 5.79. The lowest BCUT2D eigenvalue weighted by Gasteiger charge is -2.35. The van der Waals surface area contributed by atoms with Crippen LogP contribution >= 0.6 is 14.3 Å². The highest BCUT2D eigenvalue weighted by Gasteiger charge is 2.45. The fourth-order valence-electron chi connectivity index (χ4n) is 4.44.